The lowest BCUT2D eigenvalue weighted by molar-refractivity contribution is 0.0953. The highest BCUT2D eigenvalue weighted by Gasteiger charge is 2.29. The zero-order chi connectivity index (χ0) is 19.2. The molecule has 1 aromatic carbocycles. The Kier molecular flexibility index (Phi) is 4.39. The van der Waals surface area contributed by atoms with Crippen LogP contribution in [-0.2, 0) is 11.3 Å². The zero-order valence-electron chi connectivity index (χ0n) is 15.7. The Morgan fingerprint density at radius 1 is 1.21 bits per heavy atom. The van der Waals surface area contributed by atoms with Gasteiger partial charge in [-0.25, -0.2) is 4.98 Å². The minimum atomic E-state index is 0.200. The molecule has 1 N–H and O–H groups in total. The van der Waals surface area contributed by atoms with Gasteiger partial charge in [0, 0.05) is 35.2 Å². The average molecular weight is 425 g/mol. The SMILES string of the molecule is c1ccc2c(-c3nnc(Sc4nc(C5CC5)ns4)n3CC3CCCO3)c[nH]c2c1. The third kappa shape index (κ3) is 3.37. The van der Waals surface area contributed by atoms with Crippen molar-refractivity contribution in [3.8, 4) is 11.4 Å². The monoisotopic (exact) mass is 424 g/mol. The first kappa shape index (κ1) is 17.6. The van der Waals surface area contributed by atoms with Gasteiger partial charge in [0.05, 0.1) is 12.6 Å². The van der Waals surface area contributed by atoms with Gasteiger partial charge in [-0.2, -0.15) is 4.37 Å². The molecule has 29 heavy (non-hydrogen) atoms. The third-order valence-corrected chi connectivity index (χ3v) is 7.25. The van der Waals surface area contributed by atoms with E-state index in [-0.39, 0.29) is 6.10 Å². The molecule has 3 aromatic heterocycles. The number of nitrogens with zero attached hydrogens (tertiary/aromatic N) is 5. The van der Waals surface area contributed by atoms with Crippen LogP contribution in [0.4, 0.5) is 0 Å². The van der Waals surface area contributed by atoms with E-state index in [9.17, 15) is 0 Å². The van der Waals surface area contributed by atoms with Gasteiger partial charge in [-0.3, -0.25) is 4.57 Å². The second kappa shape index (κ2) is 7.23. The first-order valence-electron chi connectivity index (χ1n) is 9.98. The molecule has 4 heterocycles. The summed E-state index contributed by atoms with van der Waals surface area (Å²) in [6, 6.07) is 8.28. The average Bonchev–Trinajstić information content (AvgIpc) is 3.16. The number of benzene rings is 1. The van der Waals surface area contributed by atoms with Gasteiger partial charge < -0.3 is 9.72 Å². The molecule has 1 atom stereocenters. The van der Waals surface area contributed by atoms with Crippen LogP contribution in [0.25, 0.3) is 22.3 Å². The van der Waals surface area contributed by atoms with E-state index in [1.165, 1.54) is 24.4 Å². The maximum absolute atomic E-state index is 5.92. The molecule has 1 aliphatic carbocycles. The number of para-hydroxylation sites is 1. The fourth-order valence-electron chi connectivity index (χ4n) is 3.82. The molecule has 0 bridgehead atoms. The Labute approximate surface area is 176 Å². The molecule has 148 valence electrons. The molecule has 2 fully saturated rings. The van der Waals surface area contributed by atoms with Crippen LogP contribution in [0.2, 0.25) is 0 Å². The molecular weight excluding hydrogens is 404 g/mol. The van der Waals surface area contributed by atoms with Crippen molar-refractivity contribution < 1.29 is 4.74 Å². The van der Waals surface area contributed by atoms with Gasteiger partial charge >= 0.3 is 0 Å². The van der Waals surface area contributed by atoms with Gasteiger partial charge in [0.1, 0.15) is 5.82 Å². The van der Waals surface area contributed by atoms with E-state index in [1.807, 2.05) is 12.3 Å². The van der Waals surface area contributed by atoms with Crippen LogP contribution in [-0.4, -0.2) is 41.8 Å². The molecule has 0 amide bonds. The molecule has 1 unspecified atom stereocenters. The van der Waals surface area contributed by atoms with E-state index in [0.29, 0.717) is 5.92 Å². The number of aromatic nitrogens is 6. The fraction of sp³-hybridized carbons (Fsp3) is 0.400. The normalized spacial score (nSPS) is 19.4. The second-order valence-electron chi connectivity index (χ2n) is 7.59. The van der Waals surface area contributed by atoms with E-state index < -0.39 is 0 Å². The van der Waals surface area contributed by atoms with Crippen molar-refractivity contribution in [1.29, 1.82) is 0 Å². The first-order valence-corrected chi connectivity index (χ1v) is 11.6. The lowest BCUT2D eigenvalue weighted by Gasteiger charge is -2.14. The van der Waals surface area contributed by atoms with Gasteiger partial charge in [0.2, 0.25) is 0 Å². The summed E-state index contributed by atoms with van der Waals surface area (Å²) >= 11 is 3.01. The van der Waals surface area contributed by atoms with E-state index >= 15 is 0 Å². The number of hydrogen-bond donors (Lipinski definition) is 1. The lowest BCUT2D eigenvalue weighted by Crippen LogP contribution is -2.16. The Bertz CT molecular complexity index is 1150. The van der Waals surface area contributed by atoms with Crippen LogP contribution in [0.1, 0.15) is 37.4 Å². The van der Waals surface area contributed by atoms with Gasteiger partial charge in [0.15, 0.2) is 15.3 Å². The summed E-state index contributed by atoms with van der Waals surface area (Å²) in [5.74, 6) is 2.42. The van der Waals surface area contributed by atoms with E-state index in [0.717, 1.165) is 63.6 Å². The highest BCUT2D eigenvalue weighted by Crippen LogP contribution is 2.41. The molecule has 0 radical (unpaired) electrons. The lowest BCUT2D eigenvalue weighted by atomic mass is 10.1. The van der Waals surface area contributed by atoms with Crippen LogP contribution in [0, 0.1) is 0 Å². The van der Waals surface area contributed by atoms with Gasteiger partial charge in [-0.15, -0.1) is 10.2 Å². The van der Waals surface area contributed by atoms with Crippen molar-refractivity contribution in [2.75, 3.05) is 6.61 Å². The Morgan fingerprint density at radius 3 is 3.00 bits per heavy atom. The van der Waals surface area contributed by atoms with Crippen LogP contribution in [0.5, 0.6) is 0 Å². The molecular formula is C20H20N6OS2. The predicted molar refractivity (Wildman–Crippen MR) is 112 cm³/mol. The number of aromatic amines is 1. The van der Waals surface area contributed by atoms with E-state index in [4.69, 9.17) is 9.72 Å². The van der Waals surface area contributed by atoms with Crippen LogP contribution >= 0.6 is 23.3 Å². The highest BCUT2D eigenvalue weighted by atomic mass is 32.2. The zero-order valence-corrected chi connectivity index (χ0v) is 17.4. The summed E-state index contributed by atoms with van der Waals surface area (Å²) < 4.78 is 13.6. The highest BCUT2D eigenvalue weighted by molar-refractivity contribution is 8.00. The van der Waals surface area contributed by atoms with Crippen molar-refractivity contribution in [2.45, 2.75) is 53.7 Å². The number of nitrogens with one attached hydrogen (secondary N) is 1. The Morgan fingerprint density at radius 2 is 2.14 bits per heavy atom. The standard InChI is InChI=1S/C20H20N6OS2/c1-2-6-16-14(5-1)15(10-21-16)18-23-24-19(26(18)11-13-4-3-9-27-13)28-20-22-17(25-29-20)12-7-8-12/h1-2,5-6,10,12-13,21H,3-4,7-9,11H2. The molecule has 6 rings (SSSR count). The first-order chi connectivity index (χ1) is 14.3. The van der Waals surface area contributed by atoms with Crippen molar-refractivity contribution in [1.82, 2.24) is 29.1 Å². The topological polar surface area (TPSA) is 81.5 Å². The van der Waals surface area contributed by atoms with Gasteiger partial charge in [0.25, 0.3) is 0 Å². The minimum absolute atomic E-state index is 0.200. The molecule has 7 nitrogen and oxygen atoms in total. The fourth-order valence-corrected chi connectivity index (χ4v) is 5.45. The maximum Gasteiger partial charge on any atom is 0.198 e. The van der Waals surface area contributed by atoms with Gasteiger partial charge in [-0.1, -0.05) is 18.2 Å². The summed E-state index contributed by atoms with van der Waals surface area (Å²) in [7, 11) is 0. The molecule has 0 spiro atoms. The molecule has 1 saturated heterocycles. The van der Waals surface area contributed by atoms with Crippen molar-refractivity contribution in [3.63, 3.8) is 0 Å². The molecule has 4 aromatic rings. The van der Waals surface area contributed by atoms with Gasteiger partial charge in [-0.05, 0) is 55.0 Å². The van der Waals surface area contributed by atoms with Crippen molar-refractivity contribution in [2.24, 2.45) is 0 Å². The molecule has 2 aliphatic rings. The summed E-state index contributed by atoms with van der Waals surface area (Å²) in [5.41, 5.74) is 2.16. The number of ether oxygens (including phenoxy) is 1. The van der Waals surface area contributed by atoms with Crippen molar-refractivity contribution >= 4 is 34.2 Å². The summed E-state index contributed by atoms with van der Waals surface area (Å²) in [4.78, 5) is 8.06. The molecule has 1 aliphatic heterocycles. The Hall–Kier alpha value is -2.23. The minimum Gasteiger partial charge on any atom is -0.376 e. The van der Waals surface area contributed by atoms with Crippen LogP contribution < -0.4 is 0 Å². The Balaban J connectivity index is 1.38. The smallest absolute Gasteiger partial charge is 0.198 e. The summed E-state index contributed by atoms with van der Waals surface area (Å²) in [5, 5.41) is 11.1. The third-order valence-electron chi connectivity index (χ3n) is 5.50. The largest absolute Gasteiger partial charge is 0.376 e. The van der Waals surface area contributed by atoms with E-state index in [2.05, 4.69) is 42.3 Å². The number of H-pyrrole nitrogens is 1. The second-order valence-corrected chi connectivity index (χ2v) is 9.56. The van der Waals surface area contributed by atoms with Crippen molar-refractivity contribution in [3.05, 3.63) is 36.3 Å². The molecule has 9 heteroatoms. The summed E-state index contributed by atoms with van der Waals surface area (Å²) in [6.45, 7) is 1.58. The van der Waals surface area contributed by atoms with Crippen LogP contribution in [0.15, 0.2) is 40.0 Å². The number of rotatable bonds is 6. The van der Waals surface area contributed by atoms with E-state index in [1.54, 1.807) is 11.8 Å². The number of fused-ring (bicyclic) bond motifs is 1. The molecule has 1 saturated carbocycles. The number of hydrogen-bond acceptors (Lipinski definition) is 7. The predicted octanol–water partition coefficient (Wildman–Crippen LogP) is 4.49. The quantitative estimate of drug-likeness (QED) is 0.491. The van der Waals surface area contributed by atoms with Crippen LogP contribution in [0.3, 0.4) is 0 Å². The maximum atomic E-state index is 5.92. The summed E-state index contributed by atoms with van der Waals surface area (Å²) in [6.07, 6.45) is 6.82.